The Labute approximate surface area is 108 Å². The zero-order chi connectivity index (χ0) is 13.1. The molecule has 1 saturated carbocycles. The van der Waals surface area contributed by atoms with E-state index in [1.807, 2.05) is 32.0 Å². The predicted molar refractivity (Wildman–Crippen MR) is 72.0 cm³/mol. The molecule has 1 fully saturated rings. The van der Waals surface area contributed by atoms with E-state index in [-0.39, 0.29) is 0 Å². The number of aryl methyl sites for hydroxylation is 1. The first kappa shape index (κ1) is 12.8. The monoisotopic (exact) mass is 248 g/mol. The number of aromatic nitrogens is 2. The van der Waals surface area contributed by atoms with E-state index in [2.05, 4.69) is 15.3 Å². The van der Waals surface area contributed by atoms with Crippen molar-refractivity contribution in [1.82, 2.24) is 9.97 Å². The molecule has 1 aromatic rings. The fraction of sp³-hybridized carbons (Fsp3) is 0.615. The average Bonchev–Trinajstić information content (AvgIpc) is 2.31. The highest BCUT2D eigenvalue weighted by Gasteiger charge is 2.19. The third kappa shape index (κ3) is 3.18. The van der Waals surface area contributed by atoms with Gasteiger partial charge in [0.15, 0.2) is 0 Å². The van der Waals surface area contributed by atoms with Gasteiger partial charge in [0.1, 0.15) is 23.2 Å². The Hall–Kier alpha value is -1.65. The van der Waals surface area contributed by atoms with E-state index < -0.39 is 0 Å². The molecule has 0 atom stereocenters. The van der Waals surface area contributed by atoms with E-state index in [0.717, 1.165) is 30.3 Å². The second kappa shape index (κ2) is 5.33. The first-order valence-corrected chi connectivity index (χ1v) is 6.36. The first-order chi connectivity index (χ1) is 8.54. The molecule has 1 aromatic heterocycles. The molecule has 0 saturated heterocycles. The highest BCUT2D eigenvalue weighted by atomic mass is 16.1. The van der Waals surface area contributed by atoms with Crippen LogP contribution in [0.5, 0.6) is 0 Å². The van der Waals surface area contributed by atoms with Crippen LogP contribution < -0.4 is 10.2 Å². The normalized spacial score (nSPS) is 16.7. The standard InChI is InChI=1S/C13H20N4O/c1-9-14-12(8-13(15-9)17(2)3)16-10-4-6-11(18)7-5-10/h8,10H,4-7H2,1-3H3,(H,14,15,16). The lowest BCUT2D eigenvalue weighted by Crippen LogP contribution is -2.26. The number of hydrogen-bond donors (Lipinski definition) is 1. The third-order valence-electron chi connectivity index (χ3n) is 3.18. The third-order valence-corrected chi connectivity index (χ3v) is 3.18. The van der Waals surface area contributed by atoms with Crippen molar-refractivity contribution < 1.29 is 4.79 Å². The summed E-state index contributed by atoms with van der Waals surface area (Å²) in [5.74, 6) is 2.89. The van der Waals surface area contributed by atoms with Crippen molar-refractivity contribution in [3.63, 3.8) is 0 Å². The largest absolute Gasteiger partial charge is 0.367 e. The number of carbonyl (C=O) groups is 1. The summed E-state index contributed by atoms with van der Waals surface area (Å²) in [6.45, 7) is 1.89. The Bertz CT molecular complexity index is 435. The van der Waals surface area contributed by atoms with Gasteiger partial charge in [0.2, 0.25) is 0 Å². The molecule has 1 aliphatic carbocycles. The Balaban J connectivity index is 2.06. The van der Waals surface area contributed by atoms with Crippen LogP contribution in [0.1, 0.15) is 31.5 Å². The van der Waals surface area contributed by atoms with Crippen LogP contribution in [0.3, 0.4) is 0 Å². The van der Waals surface area contributed by atoms with Gasteiger partial charge >= 0.3 is 0 Å². The van der Waals surface area contributed by atoms with Gasteiger partial charge in [-0.3, -0.25) is 4.79 Å². The van der Waals surface area contributed by atoms with Crippen molar-refractivity contribution in [1.29, 1.82) is 0 Å². The second-order valence-corrected chi connectivity index (χ2v) is 5.01. The number of ketones is 1. The Morgan fingerprint density at radius 3 is 2.56 bits per heavy atom. The minimum atomic E-state index is 0.354. The van der Waals surface area contributed by atoms with Crippen LogP contribution >= 0.6 is 0 Å². The van der Waals surface area contributed by atoms with E-state index in [1.54, 1.807) is 0 Å². The van der Waals surface area contributed by atoms with E-state index in [1.165, 1.54) is 0 Å². The Morgan fingerprint density at radius 1 is 1.28 bits per heavy atom. The molecule has 0 bridgehead atoms. The zero-order valence-corrected chi connectivity index (χ0v) is 11.2. The number of carbonyl (C=O) groups excluding carboxylic acids is 1. The van der Waals surface area contributed by atoms with Gasteiger partial charge in [-0.15, -0.1) is 0 Å². The zero-order valence-electron chi connectivity index (χ0n) is 11.2. The van der Waals surface area contributed by atoms with Crippen molar-refractivity contribution in [2.24, 2.45) is 0 Å². The molecule has 1 heterocycles. The van der Waals surface area contributed by atoms with Gasteiger partial charge in [-0.2, -0.15) is 0 Å². The number of hydrogen-bond acceptors (Lipinski definition) is 5. The molecule has 18 heavy (non-hydrogen) atoms. The van der Waals surface area contributed by atoms with Crippen LogP contribution in [-0.4, -0.2) is 35.9 Å². The minimum Gasteiger partial charge on any atom is -0.367 e. The van der Waals surface area contributed by atoms with E-state index in [9.17, 15) is 4.79 Å². The van der Waals surface area contributed by atoms with Crippen LogP contribution in [0.15, 0.2) is 6.07 Å². The highest BCUT2D eigenvalue weighted by molar-refractivity contribution is 5.79. The first-order valence-electron chi connectivity index (χ1n) is 6.36. The van der Waals surface area contributed by atoms with Gasteiger partial charge < -0.3 is 10.2 Å². The van der Waals surface area contributed by atoms with Gasteiger partial charge in [0, 0.05) is 39.0 Å². The van der Waals surface area contributed by atoms with Crippen LogP contribution in [0.2, 0.25) is 0 Å². The fourth-order valence-corrected chi connectivity index (χ4v) is 2.15. The number of nitrogens with one attached hydrogen (secondary N) is 1. The lowest BCUT2D eigenvalue weighted by atomic mass is 9.94. The van der Waals surface area contributed by atoms with Crippen molar-refractivity contribution in [2.45, 2.75) is 38.6 Å². The quantitative estimate of drug-likeness (QED) is 0.883. The highest BCUT2D eigenvalue weighted by Crippen LogP contribution is 2.20. The molecule has 5 heteroatoms. The van der Waals surface area contributed by atoms with Crippen molar-refractivity contribution >= 4 is 17.4 Å². The summed E-state index contributed by atoms with van der Waals surface area (Å²) >= 11 is 0. The van der Waals surface area contributed by atoms with Gasteiger partial charge in [0.05, 0.1) is 0 Å². The summed E-state index contributed by atoms with van der Waals surface area (Å²) in [7, 11) is 3.93. The minimum absolute atomic E-state index is 0.354. The fourth-order valence-electron chi connectivity index (χ4n) is 2.15. The van der Waals surface area contributed by atoms with Gasteiger partial charge in [0.25, 0.3) is 0 Å². The molecule has 0 unspecified atom stereocenters. The molecule has 5 nitrogen and oxygen atoms in total. The number of rotatable bonds is 3. The van der Waals surface area contributed by atoms with Crippen LogP contribution in [0, 0.1) is 6.92 Å². The van der Waals surface area contributed by atoms with Gasteiger partial charge in [-0.1, -0.05) is 0 Å². The molecule has 0 aliphatic heterocycles. The van der Waals surface area contributed by atoms with Gasteiger partial charge in [-0.05, 0) is 19.8 Å². The smallest absolute Gasteiger partial charge is 0.133 e. The van der Waals surface area contributed by atoms with E-state index in [4.69, 9.17) is 0 Å². The lowest BCUT2D eigenvalue weighted by Gasteiger charge is -2.23. The van der Waals surface area contributed by atoms with Crippen molar-refractivity contribution in [3.05, 3.63) is 11.9 Å². The molecule has 98 valence electrons. The maximum Gasteiger partial charge on any atom is 0.133 e. The van der Waals surface area contributed by atoms with Crippen molar-refractivity contribution in [3.8, 4) is 0 Å². The summed E-state index contributed by atoms with van der Waals surface area (Å²) in [6.07, 6.45) is 3.17. The number of nitrogens with zero attached hydrogens (tertiary/aromatic N) is 3. The van der Waals surface area contributed by atoms with E-state index >= 15 is 0 Å². The predicted octanol–water partition coefficient (Wildman–Crippen LogP) is 1.77. The molecule has 0 amide bonds. The lowest BCUT2D eigenvalue weighted by molar-refractivity contribution is -0.120. The van der Waals surface area contributed by atoms with Crippen molar-refractivity contribution in [2.75, 3.05) is 24.3 Å². The Morgan fingerprint density at radius 2 is 1.94 bits per heavy atom. The van der Waals surface area contributed by atoms with Gasteiger partial charge in [-0.25, -0.2) is 9.97 Å². The maximum absolute atomic E-state index is 11.2. The summed E-state index contributed by atoms with van der Waals surface area (Å²) < 4.78 is 0. The van der Waals surface area contributed by atoms with Crippen LogP contribution in [0.25, 0.3) is 0 Å². The average molecular weight is 248 g/mol. The molecule has 0 spiro atoms. The second-order valence-electron chi connectivity index (χ2n) is 5.01. The van der Waals surface area contributed by atoms with Crippen LogP contribution in [-0.2, 0) is 4.79 Å². The molecule has 0 radical (unpaired) electrons. The number of Topliss-reactive ketones (excluding diaryl/α,β-unsaturated/α-hetero) is 1. The van der Waals surface area contributed by atoms with E-state index in [0.29, 0.717) is 24.7 Å². The summed E-state index contributed by atoms with van der Waals surface area (Å²) in [6, 6.07) is 2.30. The molecule has 0 aromatic carbocycles. The SMILES string of the molecule is Cc1nc(NC2CCC(=O)CC2)cc(N(C)C)n1. The summed E-state index contributed by atoms with van der Waals surface area (Å²) in [4.78, 5) is 21.9. The van der Waals surface area contributed by atoms with Crippen LogP contribution in [0.4, 0.5) is 11.6 Å². The molecular weight excluding hydrogens is 228 g/mol. The number of anilines is 2. The summed E-state index contributed by atoms with van der Waals surface area (Å²) in [5.41, 5.74) is 0. The topological polar surface area (TPSA) is 58.1 Å². The summed E-state index contributed by atoms with van der Waals surface area (Å²) in [5, 5.41) is 3.41. The molecular formula is C13H20N4O. The molecule has 2 rings (SSSR count). The Kier molecular flexibility index (Phi) is 3.79. The maximum atomic E-state index is 11.2. The molecule has 1 aliphatic rings. The molecule has 1 N–H and O–H groups in total.